The fourth-order valence-electron chi connectivity index (χ4n) is 5.67. The molecule has 0 bridgehead atoms. The summed E-state index contributed by atoms with van der Waals surface area (Å²) in [7, 11) is 0. The Morgan fingerprint density at radius 1 is 0.969 bits per heavy atom. The van der Waals surface area contributed by atoms with Crippen molar-refractivity contribution in [3.8, 4) is 0 Å². The van der Waals surface area contributed by atoms with Crippen LogP contribution in [0.2, 0.25) is 0 Å². The normalized spacial score (nSPS) is 21.2. The van der Waals surface area contributed by atoms with E-state index in [-0.39, 0.29) is 11.9 Å². The lowest BCUT2D eigenvalue weighted by Crippen LogP contribution is -2.30. The minimum Gasteiger partial charge on any atom is -0.378 e. The van der Waals surface area contributed by atoms with Gasteiger partial charge < -0.3 is 10.6 Å². The van der Waals surface area contributed by atoms with Crippen LogP contribution in [0, 0.1) is 5.92 Å². The summed E-state index contributed by atoms with van der Waals surface area (Å²) < 4.78 is 0. The highest BCUT2D eigenvalue weighted by molar-refractivity contribution is 6.03. The molecule has 3 heteroatoms. The van der Waals surface area contributed by atoms with Crippen LogP contribution in [0.15, 0.2) is 84.9 Å². The maximum atomic E-state index is 12.5. The van der Waals surface area contributed by atoms with Crippen LogP contribution in [0.1, 0.15) is 46.8 Å². The number of hydrogen-bond donors (Lipinski definition) is 2. The Balaban J connectivity index is 1.53. The van der Waals surface area contributed by atoms with Crippen LogP contribution in [0.4, 0.5) is 5.69 Å². The second-order valence-electron chi connectivity index (χ2n) is 8.87. The Hall–Kier alpha value is -3.59. The van der Waals surface area contributed by atoms with Crippen molar-refractivity contribution in [2.75, 3.05) is 11.9 Å². The van der Waals surface area contributed by atoms with E-state index in [1.807, 2.05) is 13.0 Å². The molecule has 158 valence electrons. The number of hydrogen-bond acceptors (Lipinski definition) is 2. The lowest BCUT2D eigenvalue weighted by molar-refractivity contribution is 0.0955. The van der Waals surface area contributed by atoms with Gasteiger partial charge in [-0.3, -0.25) is 4.79 Å². The van der Waals surface area contributed by atoms with Gasteiger partial charge in [-0.2, -0.15) is 0 Å². The summed E-state index contributed by atoms with van der Waals surface area (Å²) >= 11 is 0. The van der Waals surface area contributed by atoms with E-state index in [2.05, 4.69) is 89.5 Å². The van der Waals surface area contributed by atoms with Gasteiger partial charge in [-0.15, -0.1) is 0 Å². The molecular weight excluding hydrogens is 392 g/mol. The molecule has 1 aliphatic heterocycles. The molecule has 2 aliphatic rings. The zero-order chi connectivity index (χ0) is 21.7. The molecule has 0 radical (unpaired) electrons. The van der Waals surface area contributed by atoms with Gasteiger partial charge in [0, 0.05) is 23.7 Å². The Morgan fingerprint density at radius 3 is 2.41 bits per heavy atom. The summed E-state index contributed by atoms with van der Waals surface area (Å²) in [5.41, 5.74) is 4.48. The highest BCUT2D eigenvalue weighted by Crippen LogP contribution is 2.52. The van der Waals surface area contributed by atoms with Gasteiger partial charge in [0.2, 0.25) is 0 Å². The quantitative estimate of drug-likeness (QED) is 0.292. The number of nitrogens with one attached hydrogen (secondary N) is 2. The van der Waals surface area contributed by atoms with Crippen LogP contribution in [0.3, 0.4) is 0 Å². The van der Waals surface area contributed by atoms with Gasteiger partial charge in [-0.25, -0.2) is 0 Å². The topological polar surface area (TPSA) is 41.1 Å². The van der Waals surface area contributed by atoms with Crippen LogP contribution < -0.4 is 10.6 Å². The van der Waals surface area contributed by atoms with Crippen LogP contribution in [0.25, 0.3) is 21.5 Å². The number of carbonyl (C=O) groups excluding carboxylic acids is 1. The number of carbonyl (C=O) groups is 1. The maximum absolute atomic E-state index is 12.5. The molecule has 3 nitrogen and oxygen atoms in total. The van der Waals surface area contributed by atoms with Crippen LogP contribution in [0.5, 0.6) is 0 Å². The Kier molecular flexibility index (Phi) is 4.50. The van der Waals surface area contributed by atoms with Crippen LogP contribution in [-0.4, -0.2) is 12.5 Å². The molecule has 1 aliphatic carbocycles. The SMILES string of the molecule is CCNC(=O)c1ccc2c(c1)C1C=CCC1C(c1c3ccccc3cc3ccccc13)N2. The molecule has 4 aromatic rings. The smallest absolute Gasteiger partial charge is 0.251 e. The van der Waals surface area contributed by atoms with Crippen molar-refractivity contribution in [3.63, 3.8) is 0 Å². The molecule has 0 saturated carbocycles. The third-order valence-electron chi connectivity index (χ3n) is 7.09. The molecule has 1 amide bonds. The van der Waals surface area contributed by atoms with Crippen LogP contribution in [-0.2, 0) is 0 Å². The van der Waals surface area contributed by atoms with Crippen LogP contribution >= 0.6 is 0 Å². The van der Waals surface area contributed by atoms with Gasteiger partial charge >= 0.3 is 0 Å². The van der Waals surface area contributed by atoms with Gasteiger partial charge in [0.25, 0.3) is 5.91 Å². The predicted molar refractivity (Wildman–Crippen MR) is 132 cm³/mol. The third kappa shape index (κ3) is 2.92. The molecule has 3 atom stereocenters. The lowest BCUT2D eigenvalue weighted by Gasteiger charge is -2.38. The van der Waals surface area contributed by atoms with Crippen molar-refractivity contribution in [3.05, 3.63) is 102 Å². The summed E-state index contributed by atoms with van der Waals surface area (Å²) in [5.74, 6) is 0.723. The number of rotatable bonds is 3. The highest BCUT2D eigenvalue weighted by Gasteiger charge is 2.39. The van der Waals surface area contributed by atoms with Gasteiger partial charge in [-0.1, -0.05) is 60.7 Å². The first kappa shape index (κ1) is 19.1. The standard InChI is InChI=1S/C29H26N2O/c1-2-30-29(32)20-14-15-26-25(17-20)23-12-7-13-24(23)28(31-26)27-21-10-5-3-8-18(21)16-19-9-4-6-11-22(19)27/h3-12,14-17,23-24,28,31H,2,13H2,1H3,(H,30,32). The highest BCUT2D eigenvalue weighted by atomic mass is 16.1. The van der Waals surface area contributed by atoms with Gasteiger partial charge in [0.05, 0.1) is 6.04 Å². The van der Waals surface area contributed by atoms with Crippen molar-refractivity contribution in [2.45, 2.75) is 25.3 Å². The maximum Gasteiger partial charge on any atom is 0.251 e. The van der Waals surface area contributed by atoms with E-state index in [4.69, 9.17) is 0 Å². The van der Waals surface area contributed by atoms with E-state index in [1.54, 1.807) is 0 Å². The fourth-order valence-corrected chi connectivity index (χ4v) is 5.67. The van der Waals surface area contributed by atoms with Gasteiger partial charge in [-0.05, 0) is 76.2 Å². The first-order valence-corrected chi connectivity index (χ1v) is 11.5. The molecule has 0 spiro atoms. The second-order valence-corrected chi connectivity index (χ2v) is 8.87. The third-order valence-corrected chi connectivity index (χ3v) is 7.09. The van der Waals surface area contributed by atoms with E-state index in [0.717, 1.165) is 17.7 Å². The molecule has 0 saturated heterocycles. The summed E-state index contributed by atoms with van der Waals surface area (Å²) in [6, 6.07) is 26.1. The summed E-state index contributed by atoms with van der Waals surface area (Å²) in [5, 5.41) is 12.0. The number of fused-ring (bicyclic) bond motifs is 5. The van der Waals surface area contributed by atoms with Gasteiger partial charge in [0.15, 0.2) is 0 Å². The summed E-state index contributed by atoms with van der Waals surface area (Å²) in [4.78, 5) is 12.5. The van der Waals surface area contributed by atoms with E-state index in [1.165, 1.54) is 32.7 Å². The minimum absolute atomic E-state index is 0.00371. The van der Waals surface area contributed by atoms with Crippen molar-refractivity contribution >= 4 is 33.1 Å². The lowest BCUT2D eigenvalue weighted by atomic mass is 9.75. The first-order chi connectivity index (χ1) is 15.7. The summed E-state index contributed by atoms with van der Waals surface area (Å²) in [6.45, 7) is 2.59. The van der Waals surface area contributed by atoms with E-state index in [9.17, 15) is 4.79 Å². The molecular formula is C29H26N2O. The fraction of sp³-hybridized carbons (Fsp3) is 0.207. The Labute approximate surface area is 188 Å². The van der Waals surface area contributed by atoms with Gasteiger partial charge in [0.1, 0.15) is 0 Å². The number of anilines is 1. The first-order valence-electron chi connectivity index (χ1n) is 11.5. The van der Waals surface area contributed by atoms with E-state index >= 15 is 0 Å². The minimum atomic E-state index is -0.00371. The molecule has 4 aromatic carbocycles. The van der Waals surface area contributed by atoms with Crippen molar-refractivity contribution in [1.29, 1.82) is 0 Å². The molecule has 3 unspecified atom stereocenters. The average molecular weight is 419 g/mol. The van der Waals surface area contributed by atoms with E-state index in [0.29, 0.717) is 18.4 Å². The Morgan fingerprint density at radius 2 is 1.69 bits per heavy atom. The molecule has 0 fully saturated rings. The average Bonchev–Trinajstić information content (AvgIpc) is 3.32. The zero-order valence-corrected chi connectivity index (χ0v) is 18.1. The Bertz CT molecular complexity index is 1330. The number of amides is 1. The van der Waals surface area contributed by atoms with Crippen molar-refractivity contribution < 1.29 is 4.79 Å². The second kappa shape index (κ2) is 7.52. The largest absolute Gasteiger partial charge is 0.378 e. The van der Waals surface area contributed by atoms with Crippen molar-refractivity contribution in [2.24, 2.45) is 5.92 Å². The predicted octanol–water partition coefficient (Wildman–Crippen LogP) is 6.57. The number of allylic oxidation sites excluding steroid dienone is 2. The molecule has 2 N–H and O–H groups in total. The molecule has 32 heavy (non-hydrogen) atoms. The summed E-state index contributed by atoms with van der Waals surface area (Å²) in [6.07, 6.45) is 5.68. The monoisotopic (exact) mass is 418 g/mol. The zero-order valence-electron chi connectivity index (χ0n) is 18.1. The molecule has 1 heterocycles. The molecule has 0 aromatic heterocycles. The molecule has 6 rings (SSSR count). The van der Waals surface area contributed by atoms with E-state index < -0.39 is 0 Å². The van der Waals surface area contributed by atoms with Crippen molar-refractivity contribution in [1.82, 2.24) is 5.32 Å². The number of benzene rings is 4.